The minimum Gasteiger partial charge on any atom is -0.313 e. The molecular formula is C15H34N2. The van der Waals surface area contributed by atoms with Gasteiger partial charge < -0.3 is 10.2 Å². The van der Waals surface area contributed by atoms with Gasteiger partial charge in [-0.05, 0) is 24.7 Å². The molecule has 0 fully saturated rings. The molecular weight excluding hydrogens is 208 g/mol. The van der Waals surface area contributed by atoms with E-state index in [-0.39, 0.29) is 0 Å². The predicted molar refractivity (Wildman–Crippen MR) is 78.5 cm³/mol. The Morgan fingerprint density at radius 3 is 1.71 bits per heavy atom. The number of hydrogen-bond donors (Lipinski definition) is 1. The Bertz CT molecular complexity index is 152. The van der Waals surface area contributed by atoms with Gasteiger partial charge in [0, 0.05) is 32.2 Å². The Morgan fingerprint density at radius 2 is 1.35 bits per heavy atom. The van der Waals surface area contributed by atoms with E-state index in [0.29, 0.717) is 6.04 Å². The highest BCUT2D eigenvalue weighted by molar-refractivity contribution is 4.67. The van der Waals surface area contributed by atoms with E-state index in [9.17, 15) is 0 Å². The van der Waals surface area contributed by atoms with E-state index in [4.69, 9.17) is 0 Å². The molecule has 0 aromatic heterocycles. The van der Waals surface area contributed by atoms with Crippen LogP contribution in [-0.2, 0) is 0 Å². The molecule has 0 aliphatic rings. The number of nitrogens with one attached hydrogen (secondary N) is 1. The molecule has 17 heavy (non-hydrogen) atoms. The van der Waals surface area contributed by atoms with Crippen molar-refractivity contribution in [1.82, 2.24) is 10.2 Å². The fourth-order valence-corrected chi connectivity index (χ4v) is 2.29. The molecule has 0 heterocycles. The van der Waals surface area contributed by atoms with Gasteiger partial charge in [-0.2, -0.15) is 0 Å². The van der Waals surface area contributed by atoms with Crippen molar-refractivity contribution in [2.45, 2.75) is 60.4 Å². The third-order valence-corrected chi connectivity index (χ3v) is 3.09. The topological polar surface area (TPSA) is 15.3 Å². The molecule has 0 saturated carbocycles. The van der Waals surface area contributed by atoms with Crippen molar-refractivity contribution >= 4 is 0 Å². The first-order valence-corrected chi connectivity index (χ1v) is 7.45. The molecule has 0 unspecified atom stereocenters. The van der Waals surface area contributed by atoms with E-state index in [2.05, 4.69) is 51.8 Å². The molecule has 0 saturated heterocycles. The second kappa shape index (κ2) is 9.90. The van der Waals surface area contributed by atoms with Gasteiger partial charge in [-0.15, -0.1) is 0 Å². The Labute approximate surface area is 109 Å². The van der Waals surface area contributed by atoms with Gasteiger partial charge >= 0.3 is 0 Å². The maximum absolute atomic E-state index is 3.65. The van der Waals surface area contributed by atoms with E-state index in [1.165, 1.54) is 32.5 Å². The Morgan fingerprint density at radius 1 is 0.882 bits per heavy atom. The molecule has 0 radical (unpaired) electrons. The van der Waals surface area contributed by atoms with Crippen LogP contribution in [0.5, 0.6) is 0 Å². The van der Waals surface area contributed by atoms with Crippen molar-refractivity contribution in [2.24, 2.45) is 11.8 Å². The molecule has 0 aromatic rings. The summed E-state index contributed by atoms with van der Waals surface area (Å²) in [5, 5.41) is 3.65. The lowest BCUT2D eigenvalue weighted by molar-refractivity contribution is 0.216. The summed E-state index contributed by atoms with van der Waals surface area (Å²) in [6, 6.07) is 0.704. The largest absolute Gasteiger partial charge is 0.313 e. The van der Waals surface area contributed by atoms with Gasteiger partial charge in [0.05, 0.1) is 0 Å². The van der Waals surface area contributed by atoms with Gasteiger partial charge in [-0.25, -0.2) is 0 Å². The Kier molecular flexibility index (Phi) is 9.85. The SMILES string of the molecule is CCC(CC)NCCN(CC(C)C)CC(C)C. The molecule has 0 aliphatic heterocycles. The highest BCUT2D eigenvalue weighted by Gasteiger charge is 2.10. The highest BCUT2D eigenvalue weighted by atomic mass is 15.1. The quantitative estimate of drug-likeness (QED) is 0.632. The van der Waals surface area contributed by atoms with Crippen molar-refractivity contribution in [3.05, 3.63) is 0 Å². The zero-order valence-electron chi connectivity index (χ0n) is 12.9. The molecule has 0 aromatic carbocycles. The summed E-state index contributed by atoms with van der Waals surface area (Å²) in [6.45, 7) is 18.5. The smallest absolute Gasteiger partial charge is 0.0107 e. The van der Waals surface area contributed by atoms with E-state index in [0.717, 1.165) is 18.4 Å². The predicted octanol–water partition coefficient (Wildman–Crippen LogP) is 3.38. The fourth-order valence-electron chi connectivity index (χ4n) is 2.29. The summed E-state index contributed by atoms with van der Waals surface area (Å²) in [6.07, 6.45) is 2.48. The maximum Gasteiger partial charge on any atom is 0.0107 e. The van der Waals surface area contributed by atoms with Crippen LogP contribution >= 0.6 is 0 Å². The van der Waals surface area contributed by atoms with Crippen LogP contribution in [0.15, 0.2) is 0 Å². The molecule has 2 nitrogen and oxygen atoms in total. The van der Waals surface area contributed by atoms with Gasteiger partial charge in [-0.1, -0.05) is 41.5 Å². The summed E-state index contributed by atoms with van der Waals surface area (Å²) < 4.78 is 0. The van der Waals surface area contributed by atoms with Crippen molar-refractivity contribution < 1.29 is 0 Å². The zero-order valence-corrected chi connectivity index (χ0v) is 12.9. The molecule has 0 aliphatic carbocycles. The summed E-state index contributed by atoms with van der Waals surface area (Å²) >= 11 is 0. The summed E-state index contributed by atoms with van der Waals surface area (Å²) in [4.78, 5) is 2.60. The Hall–Kier alpha value is -0.0800. The molecule has 0 atom stereocenters. The molecule has 0 bridgehead atoms. The summed E-state index contributed by atoms with van der Waals surface area (Å²) in [5.74, 6) is 1.53. The van der Waals surface area contributed by atoms with Crippen LogP contribution < -0.4 is 5.32 Å². The monoisotopic (exact) mass is 242 g/mol. The van der Waals surface area contributed by atoms with Crippen molar-refractivity contribution in [3.8, 4) is 0 Å². The second-order valence-electron chi connectivity index (χ2n) is 6.01. The number of hydrogen-bond acceptors (Lipinski definition) is 2. The van der Waals surface area contributed by atoms with E-state index in [1.807, 2.05) is 0 Å². The number of rotatable bonds is 10. The van der Waals surface area contributed by atoms with Crippen molar-refractivity contribution in [2.75, 3.05) is 26.2 Å². The number of nitrogens with zero attached hydrogens (tertiary/aromatic N) is 1. The minimum atomic E-state index is 0.704. The average Bonchev–Trinajstić information content (AvgIpc) is 2.22. The van der Waals surface area contributed by atoms with E-state index in [1.54, 1.807) is 0 Å². The fraction of sp³-hybridized carbons (Fsp3) is 1.00. The highest BCUT2D eigenvalue weighted by Crippen LogP contribution is 2.03. The molecule has 0 rings (SSSR count). The standard InChI is InChI=1S/C15H34N2/c1-7-15(8-2)16-9-10-17(11-13(3)4)12-14(5)6/h13-16H,7-12H2,1-6H3. The van der Waals surface area contributed by atoms with Crippen molar-refractivity contribution in [1.29, 1.82) is 0 Å². The first-order valence-electron chi connectivity index (χ1n) is 7.45. The van der Waals surface area contributed by atoms with Crippen LogP contribution in [-0.4, -0.2) is 37.1 Å². The van der Waals surface area contributed by atoms with Crippen LogP contribution in [0, 0.1) is 11.8 Å². The molecule has 104 valence electrons. The summed E-state index contributed by atoms with van der Waals surface area (Å²) in [7, 11) is 0. The van der Waals surface area contributed by atoms with Gasteiger partial charge in [0.2, 0.25) is 0 Å². The van der Waals surface area contributed by atoms with Gasteiger partial charge in [-0.3, -0.25) is 0 Å². The van der Waals surface area contributed by atoms with Gasteiger partial charge in [0.15, 0.2) is 0 Å². The Balaban J connectivity index is 3.89. The minimum absolute atomic E-state index is 0.704. The first-order chi connectivity index (χ1) is 7.99. The van der Waals surface area contributed by atoms with E-state index >= 15 is 0 Å². The third kappa shape index (κ3) is 9.61. The van der Waals surface area contributed by atoms with E-state index < -0.39 is 0 Å². The first kappa shape index (κ1) is 16.9. The molecule has 2 heteroatoms. The molecule has 1 N–H and O–H groups in total. The lowest BCUT2D eigenvalue weighted by atomic mass is 10.1. The lowest BCUT2D eigenvalue weighted by Crippen LogP contribution is -2.39. The van der Waals surface area contributed by atoms with Crippen molar-refractivity contribution in [3.63, 3.8) is 0 Å². The van der Waals surface area contributed by atoms with Crippen LogP contribution in [0.3, 0.4) is 0 Å². The van der Waals surface area contributed by atoms with Gasteiger partial charge in [0.25, 0.3) is 0 Å². The second-order valence-corrected chi connectivity index (χ2v) is 6.01. The lowest BCUT2D eigenvalue weighted by Gasteiger charge is -2.27. The normalized spacial score (nSPS) is 12.4. The third-order valence-electron chi connectivity index (χ3n) is 3.09. The summed E-state index contributed by atoms with van der Waals surface area (Å²) in [5.41, 5.74) is 0. The van der Waals surface area contributed by atoms with Crippen LogP contribution in [0.1, 0.15) is 54.4 Å². The van der Waals surface area contributed by atoms with Crippen LogP contribution in [0.25, 0.3) is 0 Å². The maximum atomic E-state index is 3.65. The average molecular weight is 242 g/mol. The van der Waals surface area contributed by atoms with Crippen LogP contribution in [0.2, 0.25) is 0 Å². The molecule has 0 spiro atoms. The molecule has 0 amide bonds. The van der Waals surface area contributed by atoms with Gasteiger partial charge in [0.1, 0.15) is 0 Å². The van der Waals surface area contributed by atoms with Crippen LogP contribution in [0.4, 0.5) is 0 Å². The zero-order chi connectivity index (χ0) is 13.3.